The van der Waals surface area contributed by atoms with E-state index in [-0.39, 0.29) is 18.5 Å². The van der Waals surface area contributed by atoms with Crippen LogP contribution < -0.4 is 5.32 Å². The van der Waals surface area contributed by atoms with Crippen LogP contribution in [0.4, 0.5) is 0 Å². The van der Waals surface area contributed by atoms with Crippen LogP contribution in [0.1, 0.15) is 51.7 Å². The van der Waals surface area contributed by atoms with E-state index in [1.165, 1.54) is 6.42 Å². The van der Waals surface area contributed by atoms with E-state index in [1.54, 1.807) is 12.0 Å². The van der Waals surface area contributed by atoms with Crippen molar-refractivity contribution in [2.75, 3.05) is 6.54 Å². The second-order valence-corrected chi connectivity index (χ2v) is 12.2. The number of hydroxylamine groups is 2. The molecule has 5 rings (SSSR count). The lowest BCUT2D eigenvalue weighted by atomic mass is 9.45. The van der Waals surface area contributed by atoms with Crippen molar-refractivity contribution in [3.63, 3.8) is 0 Å². The number of azide groups is 1. The van der Waals surface area contributed by atoms with E-state index in [0.29, 0.717) is 29.7 Å². The van der Waals surface area contributed by atoms with E-state index in [9.17, 15) is 9.90 Å². The van der Waals surface area contributed by atoms with Gasteiger partial charge in [-0.05, 0) is 95.2 Å². The molecule has 1 amide bonds. The fourth-order valence-electron chi connectivity index (χ4n) is 6.59. The highest BCUT2D eigenvalue weighted by Gasteiger charge is 2.57. The van der Waals surface area contributed by atoms with E-state index in [1.807, 2.05) is 12.1 Å². The quantitative estimate of drug-likeness (QED) is 0.213. The largest absolute Gasteiger partial charge is 0.393 e. The summed E-state index contributed by atoms with van der Waals surface area (Å²) in [7, 11) is 0. The van der Waals surface area contributed by atoms with E-state index in [0.717, 1.165) is 21.1 Å². The highest BCUT2D eigenvalue weighted by molar-refractivity contribution is 14.1. The SMILES string of the molecule is Cc1c(I)cccc1CN1O[C@@H](CN=[N+]=[N-])[C@@H]([C@H](C)O)[C@H]1C(=O)NC1C[C@H]2C[C@@H]([C@@H]1C)C2(C)C. The molecule has 3 saturated carbocycles. The molecule has 8 atom stereocenters. The number of rotatable bonds is 7. The fraction of sp³-hybridized carbons (Fsp3) is 0.720. The number of benzene rings is 1. The van der Waals surface area contributed by atoms with Crippen LogP contribution >= 0.6 is 22.6 Å². The molecule has 0 aromatic heterocycles. The van der Waals surface area contributed by atoms with Crippen molar-refractivity contribution < 1.29 is 14.7 Å². The summed E-state index contributed by atoms with van der Waals surface area (Å²) in [4.78, 5) is 22.8. The Hall–Kier alpha value is -1.39. The van der Waals surface area contributed by atoms with Gasteiger partial charge in [-0.1, -0.05) is 38.0 Å². The summed E-state index contributed by atoms with van der Waals surface area (Å²) in [6.07, 6.45) is 0.871. The number of hydrogen-bond donors (Lipinski definition) is 2. The lowest BCUT2D eigenvalue weighted by Crippen LogP contribution is -2.62. The van der Waals surface area contributed by atoms with Gasteiger partial charge in [0.15, 0.2) is 0 Å². The number of aliphatic hydroxyl groups excluding tert-OH is 1. The molecule has 1 heterocycles. The second kappa shape index (κ2) is 9.93. The minimum Gasteiger partial charge on any atom is -0.393 e. The first-order chi connectivity index (χ1) is 16.1. The van der Waals surface area contributed by atoms with Crippen LogP contribution in [-0.4, -0.2) is 46.9 Å². The Morgan fingerprint density at radius 2 is 2.18 bits per heavy atom. The van der Waals surface area contributed by atoms with Crippen LogP contribution in [0.2, 0.25) is 0 Å². The Labute approximate surface area is 215 Å². The monoisotopic (exact) mass is 581 g/mol. The highest BCUT2D eigenvalue weighted by atomic mass is 127. The van der Waals surface area contributed by atoms with Crippen molar-refractivity contribution in [2.45, 2.75) is 78.3 Å². The fourth-order valence-corrected chi connectivity index (χ4v) is 7.15. The molecule has 34 heavy (non-hydrogen) atoms. The first-order valence-electron chi connectivity index (χ1n) is 12.2. The van der Waals surface area contributed by atoms with Gasteiger partial charge in [0.1, 0.15) is 6.04 Å². The molecule has 4 fully saturated rings. The van der Waals surface area contributed by atoms with Crippen molar-refractivity contribution in [2.24, 2.45) is 34.2 Å². The van der Waals surface area contributed by atoms with E-state index >= 15 is 0 Å². The van der Waals surface area contributed by atoms with Crippen LogP contribution in [0, 0.1) is 39.6 Å². The number of amides is 1. The van der Waals surface area contributed by atoms with E-state index in [4.69, 9.17) is 10.4 Å². The number of nitrogens with one attached hydrogen (secondary N) is 1. The average molecular weight is 581 g/mol. The number of halogens is 1. The Balaban J connectivity index is 1.58. The molecular weight excluding hydrogens is 545 g/mol. The van der Waals surface area contributed by atoms with Gasteiger partial charge >= 0.3 is 0 Å². The normalized spacial score (nSPS) is 35.2. The number of carbonyl (C=O) groups is 1. The van der Waals surface area contributed by atoms with Crippen molar-refractivity contribution >= 4 is 28.5 Å². The van der Waals surface area contributed by atoms with Crippen molar-refractivity contribution in [1.29, 1.82) is 0 Å². The van der Waals surface area contributed by atoms with Crippen LogP contribution in [0.5, 0.6) is 0 Å². The molecule has 3 aliphatic carbocycles. The molecule has 4 aliphatic rings. The number of hydrogen-bond acceptors (Lipinski definition) is 5. The summed E-state index contributed by atoms with van der Waals surface area (Å²) in [6, 6.07) is 5.53. The smallest absolute Gasteiger partial charge is 0.240 e. The minimum absolute atomic E-state index is 0.0653. The number of aliphatic hydroxyl groups is 1. The summed E-state index contributed by atoms with van der Waals surface area (Å²) in [5.41, 5.74) is 11.4. The maximum atomic E-state index is 13.8. The maximum Gasteiger partial charge on any atom is 0.240 e. The number of nitrogens with zero attached hydrogens (tertiary/aromatic N) is 4. The molecule has 0 radical (unpaired) electrons. The summed E-state index contributed by atoms with van der Waals surface area (Å²) in [6.45, 7) is 11.2. The van der Waals surface area contributed by atoms with Crippen molar-refractivity contribution in [3.05, 3.63) is 43.3 Å². The molecule has 0 spiro atoms. The van der Waals surface area contributed by atoms with Gasteiger partial charge in [0.05, 0.1) is 25.3 Å². The zero-order chi connectivity index (χ0) is 24.8. The Bertz CT molecular complexity index is 979. The maximum absolute atomic E-state index is 13.8. The first-order valence-corrected chi connectivity index (χ1v) is 13.3. The van der Waals surface area contributed by atoms with Gasteiger partial charge in [-0.2, -0.15) is 5.06 Å². The first kappa shape index (κ1) is 25.7. The third kappa shape index (κ3) is 4.57. The molecule has 8 nitrogen and oxygen atoms in total. The van der Waals surface area contributed by atoms with Gasteiger partial charge in [-0.25, -0.2) is 0 Å². The Kier molecular flexibility index (Phi) is 7.51. The van der Waals surface area contributed by atoms with Crippen LogP contribution in [0.15, 0.2) is 23.3 Å². The molecule has 2 N–H and O–H groups in total. The Morgan fingerprint density at radius 1 is 1.44 bits per heavy atom. The second-order valence-electron chi connectivity index (χ2n) is 11.0. The summed E-state index contributed by atoms with van der Waals surface area (Å²) >= 11 is 2.31. The summed E-state index contributed by atoms with van der Waals surface area (Å²) in [5, 5.41) is 19.4. The third-order valence-corrected chi connectivity index (χ3v) is 10.1. The zero-order valence-corrected chi connectivity index (χ0v) is 22.8. The molecular formula is C25H36IN5O3. The van der Waals surface area contributed by atoms with Gasteiger partial charge < -0.3 is 10.4 Å². The van der Waals surface area contributed by atoms with Crippen molar-refractivity contribution in [1.82, 2.24) is 10.4 Å². The number of carbonyl (C=O) groups excluding carboxylic acids is 1. The molecule has 9 heteroatoms. The van der Waals surface area contributed by atoms with E-state index in [2.05, 4.69) is 71.7 Å². The molecule has 1 aliphatic heterocycles. The third-order valence-electron chi connectivity index (χ3n) is 8.91. The van der Waals surface area contributed by atoms with Gasteiger partial charge in [0.2, 0.25) is 5.91 Å². The topological polar surface area (TPSA) is 111 Å². The highest BCUT2D eigenvalue weighted by Crippen LogP contribution is 2.61. The summed E-state index contributed by atoms with van der Waals surface area (Å²) < 4.78 is 1.14. The van der Waals surface area contributed by atoms with Gasteiger partial charge in [-0.15, -0.1) is 0 Å². The van der Waals surface area contributed by atoms with Crippen LogP contribution in [0.25, 0.3) is 10.4 Å². The number of fused-ring (bicyclic) bond motifs is 2. The molecule has 186 valence electrons. The average Bonchev–Trinajstić information content (AvgIpc) is 3.14. The van der Waals surface area contributed by atoms with Crippen LogP contribution in [0.3, 0.4) is 0 Å². The lowest BCUT2D eigenvalue weighted by molar-refractivity contribution is -0.175. The summed E-state index contributed by atoms with van der Waals surface area (Å²) in [5.74, 6) is 1.04. The predicted octanol–water partition coefficient (Wildman–Crippen LogP) is 4.58. The van der Waals surface area contributed by atoms with Crippen molar-refractivity contribution in [3.8, 4) is 0 Å². The molecule has 1 saturated heterocycles. The molecule has 1 aromatic rings. The van der Waals surface area contributed by atoms with E-state index < -0.39 is 24.2 Å². The van der Waals surface area contributed by atoms with Gasteiger partial charge in [0, 0.05) is 20.4 Å². The Morgan fingerprint density at radius 3 is 2.79 bits per heavy atom. The minimum atomic E-state index is -0.798. The molecule has 1 unspecified atom stereocenters. The van der Waals surface area contributed by atoms with Crippen LogP contribution in [-0.2, 0) is 16.2 Å². The standard InChI is InChI=1S/C25H36IN5O3/c1-13-16(7-6-8-19(13)26)12-31-23(22(15(3)32)21(34-31)11-28-30-27)24(33)29-20-10-17-9-18(14(20)2)25(17,4)5/h6-8,14-15,17-18,20-23,32H,9-12H2,1-5H3,(H,29,33)/t14-,15-,17+,18-,20?,21-,22+,23-/m0/s1. The molecule has 1 aromatic carbocycles. The lowest BCUT2D eigenvalue weighted by Gasteiger charge is -2.62. The van der Waals surface area contributed by atoms with Gasteiger partial charge in [-0.3, -0.25) is 9.63 Å². The predicted molar refractivity (Wildman–Crippen MR) is 138 cm³/mol. The zero-order valence-electron chi connectivity index (χ0n) is 20.6. The molecule has 2 bridgehead atoms. The van der Waals surface area contributed by atoms with Gasteiger partial charge in [0.25, 0.3) is 0 Å².